The summed E-state index contributed by atoms with van der Waals surface area (Å²) in [7, 11) is 1.63. The number of nitrogen functional groups attached to an aromatic ring is 1. The van der Waals surface area contributed by atoms with E-state index in [2.05, 4.69) is 15.3 Å². The van der Waals surface area contributed by atoms with E-state index in [0.717, 1.165) is 10.5 Å². The standard InChI is InChI=1S/C23H23FN6O4/c1-11-15(8-28-22-21(11)26-3-4-34-22)14-5-12-6-17(27-9-16(12)20(25)19(14)24)30(23(32)33)13-7-18(31)29(2)10-13/h5-6,8-9,13,26H,3-4,7,10,25H2,1-2H3,(H,32,33). The fourth-order valence-corrected chi connectivity index (χ4v) is 4.56. The Morgan fingerprint density at radius 3 is 2.82 bits per heavy atom. The molecule has 34 heavy (non-hydrogen) atoms. The molecule has 1 aromatic carbocycles. The number of carbonyl (C=O) groups excluding carboxylic acids is 1. The summed E-state index contributed by atoms with van der Waals surface area (Å²) in [5, 5.41) is 14.0. The van der Waals surface area contributed by atoms with Crippen LogP contribution in [0.3, 0.4) is 0 Å². The molecule has 11 heteroatoms. The molecule has 0 spiro atoms. The van der Waals surface area contributed by atoms with Crippen LogP contribution in [0.4, 0.5) is 26.4 Å². The minimum atomic E-state index is -1.23. The molecule has 5 rings (SSSR count). The molecule has 1 atom stereocenters. The molecule has 4 N–H and O–H groups in total. The zero-order chi connectivity index (χ0) is 24.1. The maximum Gasteiger partial charge on any atom is 0.413 e. The Hall–Kier alpha value is -4.15. The Morgan fingerprint density at radius 1 is 1.32 bits per heavy atom. The number of nitrogens with zero attached hydrogens (tertiary/aromatic N) is 4. The fourth-order valence-electron chi connectivity index (χ4n) is 4.56. The maximum atomic E-state index is 15.4. The highest BCUT2D eigenvalue weighted by Gasteiger charge is 2.36. The van der Waals surface area contributed by atoms with E-state index in [1.807, 2.05) is 6.92 Å². The number of aromatic nitrogens is 2. The molecule has 4 heterocycles. The first kappa shape index (κ1) is 21.7. The monoisotopic (exact) mass is 466 g/mol. The van der Waals surface area contributed by atoms with Gasteiger partial charge in [0, 0.05) is 55.5 Å². The molecule has 0 bridgehead atoms. The Morgan fingerprint density at radius 2 is 2.12 bits per heavy atom. The molecule has 2 aliphatic rings. The SMILES string of the molecule is Cc1c(-c2cc3cc(N(C(=O)O)C4CC(=O)N(C)C4)ncc3c(N)c2F)cnc2c1NCCO2. The third-order valence-corrected chi connectivity index (χ3v) is 6.36. The maximum absolute atomic E-state index is 15.4. The number of nitrogens with two attached hydrogens (primary N) is 1. The molecule has 176 valence electrons. The number of fused-ring (bicyclic) bond motifs is 2. The lowest BCUT2D eigenvalue weighted by Crippen LogP contribution is -2.41. The van der Waals surface area contributed by atoms with Gasteiger partial charge in [-0.2, -0.15) is 0 Å². The summed E-state index contributed by atoms with van der Waals surface area (Å²) in [6, 6.07) is 2.59. The van der Waals surface area contributed by atoms with Crippen molar-refractivity contribution in [3.8, 4) is 17.0 Å². The van der Waals surface area contributed by atoms with Crippen LogP contribution in [0.1, 0.15) is 12.0 Å². The molecule has 3 aromatic rings. The lowest BCUT2D eigenvalue weighted by atomic mass is 9.97. The van der Waals surface area contributed by atoms with Crippen LogP contribution >= 0.6 is 0 Å². The van der Waals surface area contributed by atoms with Gasteiger partial charge in [0.05, 0.1) is 11.7 Å². The van der Waals surface area contributed by atoms with Crippen molar-refractivity contribution >= 4 is 40.0 Å². The Balaban J connectivity index is 1.63. The minimum Gasteiger partial charge on any atom is -0.474 e. The normalized spacial score (nSPS) is 17.3. The molecule has 1 fully saturated rings. The van der Waals surface area contributed by atoms with E-state index in [0.29, 0.717) is 41.1 Å². The number of benzene rings is 1. The summed E-state index contributed by atoms with van der Waals surface area (Å²) in [5.74, 6) is -0.151. The summed E-state index contributed by atoms with van der Waals surface area (Å²) in [5.41, 5.74) is 8.28. The molecule has 0 saturated carbocycles. The van der Waals surface area contributed by atoms with Crippen LogP contribution in [0, 0.1) is 12.7 Å². The smallest absolute Gasteiger partial charge is 0.413 e. The van der Waals surface area contributed by atoms with Crippen LogP contribution < -0.4 is 20.7 Å². The van der Waals surface area contributed by atoms with E-state index in [4.69, 9.17) is 10.5 Å². The number of likely N-dealkylation sites (N-methyl/N-ethyl adjacent to an activating group) is 1. The van der Waals surface area contributed by atoms with Crippen LogP contribution in [-0.4, -0.2) is 64.8 Å². The number of carboxylic acid groups (broad SMARTS) is 1. The van der Waals surface area contributed by atoms with Gasteiger partial charge in [-0.25, -0.2) is 19.2 Å². The van der Waals surface area contributed by atoms with Gasteiger partial charge in [-0.1, -0.05) is 0 Å². The average molecular weight is 466 g/mol. The number of amides is 2. The first-order valence-electron chi connectivity index (χ1n) is 10.8. The first-order chi connectivity index (χ1) is 16.3. The van der Waals surface area contributed by atoms with Gasteiger partial charge in [-0.15, -0.1) is 0 Å². The van der Waals surface area contributed by atoms with Crippen LogP contribution in [0.2, 0.25) is 0 Å². The van der Waals surface area contributed by atoms with Crippen molar-refractivity contribution in [2.45, 2.75) is 19.4 Å². The zero-order valence-corrected chi connectivity index (χ0v) is 18.6. The predicted octanol–water partition coefficient (Wildman–Crippen LogP) is 2.85. The highest BCUT2D eigenvalue weighted by molar-refractivity contribution is 6.00. The number of hydrogen-bond donors (Lipinski definition) is 3. The Kier molecular flexibility index (Phi) is 5.11. The van der Waals surface area contributed by atoms with E-state index in [-0.39, 0.29) is 35.9 Å². The fraction of sp³-hybridized carbons (Fsp3) is 0.304. The van der Waals surface area contributed by atoms with Gasteiger partial charge in [-0.05, 0) is 30.0 Å². The van der Waals surface area contributed by atoms with Crippen LogP contribution in [0.25, 0.3) is 21.9 Å². The predicted molar refractivity (Wildman–Crippen MR) is 125 cm³/mol. The lowest BCUT2D eigenvalue weighted by molar-refractivity contribution is -0.126. The molecule has 2 amide bonds. The molecule has 2 aromatic heterocycles. The largest absolute Gasteiger partial charge is 0.474 e. The number of likely N-dealkylation sites (tertiary alicyclic amines) is 1. The number of ether oxygens (including phenoxy) is 1. The second kappa shape index (κ2) is 8.01. The van der Waals surface area contributed by atoms with Crippen molar-refractivity contribution in [1.29, 1.82) is 0 Å². The second-order valence-corrected chi connectivity index (χ2v) is 8.45. The molecular weight excluding hydrogens is 443 g/mol. The van der Waals surface area contributed by atoms with Gasteiger partial charge < -0.3 is 25.8 Å². The highest BCUT2D eigenvalue weighted by Crippen LogP contribution is 2.40. The highest BCUT2D eigenvalue weighted by atomic mass is 19.1. The summed E-state index contributed by atoms with van der Waals surface area (Å²) in [6.07, 6.45) is 1.73. The van der Waals surface area contributed by atoms with Gasteiger partial charge in [0.2, 0.25) is 11.8 Å². The van der Waals surface area contributed by atoms with E-state index in [1.54, 1.807) is 19.2 Å². The van der Waals surface area contributed by atoms with Crippen LogP contribution in [-0.2, 0) is 4.79 Å². The topological polar surface area (TPSA) is 134 Å². The van der Waals surface area contributed by atoms with Gasteiger partial charge >= 0.3 is 6.09 Å². The minimum absolute atomic E-state index is 0.0639. The number of anilines is 3. The van der Waals surface area contributed by atoms with Gasteiger partial charge in [0.15, 0.2) is 5.82 Å². The molecule has 0 radical (unpaired) electrons. The third kappa shape index (κ3) is 3.40. The second-order valence-electron chi connectivity index (χ2n) is 8.45. The molecule has 1 unspecified atom stereocenters. The summed E-state index contributed by atoms with van der Waals surface area (Å²) in [6.45, 7) is 3.21. The molecule has 1 saturated heterocycles. The quantitative estimate of drug-likeness (QED) is 0.502. The lowest BCUT2D eigenvalue weighted by Gasteiger charge is -2.25. The number of rotatable bonds is 3. The number of carbonyl (C=O) groups is 2. The molecule has 0 aliphatic carbocycles. The Bertz CT molecular complexity index is 1350. The summed E-state index contributed by atoms with van der Waals surface area (Å²) < 4.78 is 20.9. The number of halogens is 1. The van der Waals surface area contributed by atoms with Crippen molar-refractivity contribution in [3.63, 3.8) is 0 Å². The third-order valence-electron chi connectivity index (χ3n) is 6.36. The molecule has 2 aliphatic heterocycles. The number of pyridine rings is 2. The van der Waals surface area contributed by atoms with E-state index < -0.39 is 18.0 Å². The van der Waals surface area contributed by atoms with E-state index in [9.17, 15) is 14.7 Å². The van der Waals surface area contributed by atoms with Gasteiger partial charge in [0.1, 0.15) is 18.1 Å². The van der Waals surface area contributed by atoms with Crippen molar-refractivity contribution in [1.82, 2.24) is 14.9 Å². The summed E-state index contributed by atoms with van der Waals surface area (Å²) >= 11 is 0. The molecular formula is C23H23FN6O4. The summed E-state index contributed by atoms with van der Waals surface area (Å²) in [4.78, 5) is 35.2. The molecule has 10 nitrogen and oxygen atoms in total. The number of hydrogen-bond acceptors (Lipinski definition) is 7. The van der Waals surface area contributed by atoms with Crippen molar-refractivity contribution in [2.24, 2.45) is 0 Å². The van der Waals surface area contributed by atoms with Crippen molar-refractivity contribution in [2.75, 3.05) is 42.7 Å². The van der Waals surface area contributed by atoms with Crippen LogP contribution in [0.5, 0.6) is 5.88 Å². The van der Waals surface area contributed by atoms with E-state index in [1.165, 1.54) is 17.3 Å². The van der Waals surface area contributed by atoms with Gasteiger partial charge in [-0.3, -0.25) is 9.69 Å². The van der Waals surface area contributed by atoms with Crippen LogP contribution in [0.15, 0.2) is 24.5 Å². The van der Waals surface area contributed by atoms with Gasteiger partial charge in [0.25, 0.3) is 0 Å². The first-order valence-corrected chi connectivity index (χ1v) is 10.8. The average Bonchev–Trinajstić information content (AvgIpc) is 3.14. The zero-order valence-electron chi connectivity index (χ0n) is 18.6. The van der Waals surface area contributed by atoms with Crippen molar-refractivity contribution < 1.29 is 23.8 Å². The number of nitrogens with one attached hydrogen (secondary N) is 1. The van der Waals surface area contributed by atoms with E-state index >= 15 is 4.39 Å². The van der Waals surface area contributed by atoms with Crippen molar-refractivity contribution in [3.05, 3.63) is 35.9 Å². The Labute approximate surface area is 194 Å².